The van der Waals surface area contributed by atoms with Gasteiger partial charge in [0, 0.05) is 34.4 Å². The van der Waals surface area contributed by atoms with Gasteiger partial charge in [0.05, 0.1) is 6.54 Å². The Morgan fingerprint density at radius 1 is 1.42 bits per heavy atom. The first kappa shape index (κ1) is 14.5. The topological polar surface area (TPSA) is 61.4 Å². The van der Waals surface area contributed by atoms with Gasteiger partial charge in [-0.05, 0) is 35.0 Å². The standard InChI is InChI=1S/C12H16BrN3O2S/c13-9-6-10(19-8-9)7-15-11(17)12(18)16-4-1-2-14-3-5-16/h6,8,14H,1-5,7H2,(H,15,17). The fraction of sp³-hybridized carbons (Fsp3) is 0.500. The molecule has 2 amide bonds. The van der Waals surface area contributed by atoms with Gasteiger partial charge in [-0.15, -0.1) is 11.3 Å². The molecule has 104 valence electrons. The summed E-state index contributed by atoms with van der Waals surface area (Å²) >= 11 is 4.90. The molecule has 2 heterocycles. The average Bonchev–Trinajstić information content (AvgIpc) is 2.67. The second-order valence-electron chi connectivity index (χ2n) is 4.31. The average molecular weight is 346 g/mol. The van der Waals surface area contributed by atoms with E-state index in [0.717, 1.165) is 28.9 Å². The van der Waals surface area contributed by atoms with E-state index in [-0.39, 0.29) is 0 Å². The molecule has 0 bridgehead atoms. The number of nitrogens with zero attached hydrogens (tertiary/aromatic N) is 1. The van der Waals surface area contributed by atoms with Crippen molar-refractivity contribution in [1.82, 2.24) is 15.5 Å². The van der Waals surface area contributed by atoms with Crippen LogP contribution in [0.15, 0.2) is 15.9 Å². The molecule has 0 aliphatic carbocycles. The summed E-state index contributed by atoms with van der Waals surface area (Å²) in [5.41, 5.74) is 0. The Hall–Kier alpha value is -0.920. The highest BCUT2D eigenvalue weighted by molar-refractivity contribution is 9.10. The number of nitrogens with one attached hydrogen (secondary N) is 2. The summed E-state index contributed by atoms with van der Waals surface area (Å²) in [6.07, 6.45) is 0.886. The summed E-state index contributed by atoms with van der Waals surface area (Å²) in [6, 6.07) is 1.94. The lowest BCUT2D eigenvalue weighted by Crippen LogP contribution is -2.44. The number of hydrogen-bond donors (Lipinski definition) is 2. The third-order valence-electron chi connectivity index (χ3n) is 2.87. The fourth-order valence-electron chi connectivity index (χ4n) is 1.88. The quantitative estimate of drug-likeness (QED) is 0.784. The first-order valence-electron chi connectivity index (χ1n) is 6.17. The molecular weight excluding hydrogens is 330 g/mol. The Bertz CT molecular complexity index is 456. The van der Waals surface area contributed by atoms with Crippen molar-refractivity contribution in [2.45, 2.75) is 13.0 Å². The minimum Gasteiger partial charge on any atom is -0.343 e. The van der Waals surface area contributed by atoms with Gasteiger partial charge in [0.1, 0.15) is 0 Å². The highest BCUT2D eigenvalue weighted by Gasteiger charge is 2.22. The van der Waals surface area contributed by atoms with Gasteiger partial charge in [-0.1, -0.05) is 0 Å². The Morgan fingerprint density at radius 2 is 2.26 bits per heavy atom. The minimum absolute atomic E-state index is 0.396. The molecule has 1 aliphatic heterocycles. The molecule has 1 saturated heterocycles. The summed E-state index contributed by atoms with van der Waals surface area (Å²) in [4.78, 5) is 26.4. The molecule has 1 aromatic heterocycles. The van der Waals surface area contributed by atoms with Crippen LogP contribution in [0, 0.1) is 0 Å². The maximum atomic E-state index is 12.0. The Labute approximate surface area is 124 Å². The van der Waals surface area contributed by atoms with Crippen molar-refractivity contribution in [3.8, 4) is 0 Å². The Morgan fingerprint density at radius 3 is 3.00 bits per heavy atom. The summed E-state index contributed by atoms with van der Waals surface area (Å²) in [7, 11) is 0. The number of carbonyl (C=O) groups is 2. The maximum absolute atomic E-state index is 12.0. The molecule has 1 aliphatic rings. The minimum atomic E-state index is -0.522. The lowest BCUT2D eigenvalue weighted by Gasteiger charge is -2.18. The fourth-order valence-corrected chi connectivity index (χ4v) is 3.27. The molecular formula is C12H16BrN3O2S. The molecule has 1 fully saturated rings. The second kappa shape index (κ2) is 7.02. The van der Waals surface area contributed by atoms with Crippen molar-refractivity contribution in [2.24, 2.45) is 0 Å². The molecule has 0 unspecified atom stereocenters. The second-order valence-corrected chi connectivity index (χ2v) is 6.22. The summed E-state index contributed by atoms with van der Waals surface area (Å²) in [5.74, 6) is -0.953. The van der Waals surface area contributed by atoms with Gasteiger partial charge in [0.25, 0.3) is 0 Å². The predicted molar refractivity (Wildman–Crippen MR) is 77.9 cm³/mol. The summed E-state index contributed by atoms with van der Waals surface area (Å²) in [6.45, 7) is 3.28. The lowest BCUT2D eigenvalue weighted by atomic mass is 10.3. The van der Waals surface area contributed by atoms with E-state index < -0.39 is 11.8 Å². The van der Waals surface area contributed by atoms with Crippen molar-refractivity contribution in [2.75, 3.05) is 26.2 Å². The summed E-state index contributed by atoms with van der Waals surface area (Å²) in [5, 5.41) is 7.82. The molecule has 2 N–H and O–H groups in total. The highest BCUT2D eigenvalue weighted by Crippen LogP contribution is 2.19. The molecule has 2 rings (SSSR count). The van der Waals surface area contributed by atoms with E-state index in [9.17, 15) is 9.59 Å². The van der Waals surface area contributed by atoms with E-state index >= 15 is 0 Å². The van der Waals surface area contributed by atoms with Crippen LogP contribution < -0.4 is 10.6 Å². The highest BCUT2D eigenvalue weighted by atomic mass is 79.9. The number of thiophene rings is 1. The number of amides is 2. The van der Waals surface area contributed by atoms with Crippen LogP contribution in [0.3, 0.4) is 0 Å². The van der Waals surface area contributed by atoms with E-state index in [1.807, 2.05) is 11.4 Å². The number of rotatable bonds is 2. The largest absolute Gasteiger partial charge is 0.343 e. The van der Waals surface area contributed by atoms with Crippen molar-refractivity contribution in [3.05, 3.63) is 20.8 Å². The third kappa shape index (κ3) is 4.29. The van der Waals surface area contributed by atoms with E-state index in [2.05, 4.69) is 26.6 Å². The van der Waals surface area contributed by atoms with Crippen molar-refractivity contribution in [1.29, 1.82) is 0 Å². The van der Waals surface area contributed by atoms with Crippen LogP contribution in [0.4, 0.5) is 0 Å². The van der Waals surface area contributed by atoms with Gasteiger partial charge in [0.15, 0.2) is 0 Å². The van der Waals surface area contributed by atoms with Crippen LogP contribution in [0.25, 0.3) is 0 Å². The smallest absolute Gasteiger partial charge is 0.311 e. The molecule has 7 heteroatoms. The number of halogens is 1. The Kier molecular flexibility index (Phi) is 5.35. The van der Waals surface area contributed by atoms with Crippen LogP contribution in [0.2, 0.25) is 0 Å². The van der Waals surface area contributed by atoms with Crippen LogP contribution in [0.5, 0.6) is 0 Å². The Balaban J connectivity index is 1.83. The molecule has 5 nitrogen and oxygen atoms in total. The maximum Gasteiger partial charge on any atom is 0.311 e. The molecule has 0 radical (unpaired) electrons. The molecule has 1 aromatic rings. The van der Waals surface area contributed by atoms with E-state index in [1.54, 1.807) is 16.2 Å². The van der Waals surface area contributed by atoms with Crippen molar-refractivity contribution >= 4 is 39.1 Å². The molecule has 0 atom stereocenters. The van der Waals surface area contributed by atoms with E-state index in [1.165, 1.54) is 0 Å². The normalized spacial score (nSPS) is 15.9. The molecule has 0 spiro atoms. The zero-order valence-electron chi connectivity index (χ0n) is 10.4. The van der Waals surface area contributed by atoms with Crippen LogP contribution in [-0.2, 0) is 16.1 Å². The first-order valence-corrected chi connectivity index (χ1v) is 7.85. The van der Waals surface area contributed by atoms with Gasteiger partial charge < -0.3 is 15.5 Å². The van der Waals surface area contributed by atoms with E-state index in [0.29, 0.717) is 19.6 Å². The molecule has 0 saturated carbocycles. The van der Waals surface area contributed by atoms with Crippen molar-refractivity contribution < 1.29 is 9.59 Å². The van der Waals surface area contributed by atoms with Crippen molar-refractivity contribution in [3.63, 3.8) is 0 Å². The molecule has 0 aromatic carbocycles. The molecule has 19 heavy (non-hydrogen) atoms. The zero-order valence-corrected chi connectivity index (χ0v) is 12.8. The van der Waals surface area contributed by atoms with Crippen LogP contribution in [0.1, 0.15) is 11.3 Å². The van der Waals surface area contributed by atoms with Gasteiger partial charge in [-0.25, -0.2) is 0 Å². The van der Waals surface area contributed by atoms with Crippen LogP contribution in [-0.4, -0.2) is 42.9 Å². The summed E-state index contributed by atoms with van der Waals surface area (Å²) < 4.78 is 0.992. The third-order valence-corrected chi connectivity index (χ3v) is 4.56. The lowest BCUT2D eigenvalue weighted by molar-refractivity contribution is -0.145. The van der Waals surface area contributed by atoms with Crippen LogP contribution >= 0.6 is 27.3 Å². The van der Waals surface area contributed by atoms with Gasteiger partial charge >= 0.3 is 11.8 Å². The number of hydrogen-bond acceptors (Lipinski definition) is 4. The monoisotopic (exact) mass is 345 g/mol. The SMILES string of the molecule is O=C(NCc1cc(Br)cs1)C(=O)N1CCCNCC1. The van der Waals surface area contributed by atoms with Gasteiger partial charge in [-0.3, -0.25) is 9.59 Å². The predicted octanol–water partition coefficient (Wildman–Crippen LogP) is 0.949. The van der Waals surface area contributed by atoms with Gasteiger partial charge in [0.2, 0.25) is 0 Å². The van der Waals surface area contributed by atoms with Gasteiger partial charge in [-0.2, -0.15) is 0 Å². The zero-order chi connectivity index (χ0) is 13.7. The number of carbonyl (C=O) groups excluding carboxylic acids is 2. The first-order chi connectivity index (χ1) is 9.16. The van der Waals surface area contributed by atoms with E-state index in [4.69, 9.17) is 0 Å².